The Morgan fingerprint density at radius 2 is 1.84 bits per heavy atom. The first-order chi connectivity index (χ1) is 15.3. The molecule has 1 aliphatic rings. The quantitative estimate of drug-likeness (QED) is 0.542. The molecule has 1 atom stereocenters. The zero-order chi connectivity index (χ0) is 22.7. The van der Waals surface area contributed by atoms with E-state index in [9.17, 15) is 18.0 Å². The maximum atomic E-state index is 12.9. The molecule has 1 unspecified atom stereocenters. The number of alkyl halides is 3. The summed E-state index contributed by atoms with van der Waals surface area (Å²) in [6.45, 7) is 3.51. The number of aromatic nitrogens is 2. The van der Waals surface area contributed by atoms with Crippen molar-refractivity contribution in [1.29, 1.82) is 0 Å². The lowest BCUT2D eigenvalue weighted by molar-refractivity contribution is -0.137. The van der Waals surface area contributed by atoms with Gasteiger partial charge in [-0.25, -0.2) is 0 Å². The lowest BCUT2D eigenvalue weighted by Crippen LogP contribution is -2.39. The standard InChI is InChI=1S/C23H22F3N3O3/c1-2-31-19-11-7-16(8-12-19)22(30)29-13-3-4-17(14-29)21-28-27-20(32-21)15-5-9-18(10-6-15)23(24,25)26/h5-12,17H,2-4,13-14H2,1H3. The van der Waals surface area contributed by atoms with Gasteiger partial charge in [0.05, 0.1) is 18.1 Å². The van der Waals surface area contributed by atoms with Crippen LogP contribution in [0.2, 0.25) is 0 Å². The van der Waals surface area contributed by atoms with E-state index in [-0.39, 0.29) is 17.7 Å². The lowest BCUT2D eigenvalue weighted by Gasteiger charge is -2.31. The molecular formula is C23H22F3N3O3. The molecule has 1 fully saturated rings. The predicted molar refractivity (Wildman–Crippen MR) is 110 cm³/mol. The van der Waals surface area contributed by atoms with Gasteiger partial charge in [-0.2, -0.15) is 13.2 Å². The second kappa shape index (κ2) is 9.02. The fourth-order valence-corrected chi connectivity index (χ4v) is 3.72. The van der Waals surface area contributed by atoms with Crippen LogP contribution in [0.5, 0.6) is 5.75 Å². The molecule has 4 rings (SSSR count). The van der Waals surface area contributed by atoms with E-state index in [4.69, 9.17) is 9.15 Å². The number of hydrogen-bond donors (Lipinski definition) is 0. The fourth-order valence-electron chi connectivity index (χ4n) is 3.72. The van der Waals surface area contributed by atoms with Gasteiger partial charge in [0.2, 0.25) is 11.8 Å². The molecule has 0 aliphatic carbocycles. The van der Waals surface area contributed by atoms with E-state index in [1.54, 1.807) is 29.2 Å². The van der Waals surface area contributed by atoms with Crippen LogP contribution in [0.1, 0.15) is 47.5 Å². The zero-order valence-corrected chi connectivity index (χ0v) is 17.4. The number of halogens is 3. The van der Waals surface area contributed by atoms with Crippen LogP contribution in [0.4, 0.5) is 13.2 Å². The molecule has 1 aliphatic heterocycles. The van der Waals surface area contributed by atoms with Gasteiger partial charge >= 0.3 is 6.18 Å². The topological polar surface area (TPSA) is 68.5 Å². The first kappa shape index (κ1) is 21.9. The zero-order valence-electron chi connectivity index (χ0n) is 17.4. The van der Waals surface area contributed by atoms with E-state index in [1.165, 1.54) is 12.1 Å². The van der Waals surface area contributed by atoms with Gasteiger partial charge in [0, 0.05) is 24.2 Å². The molecular weight excluding hydrogens is 423 g/mol. The number of hydrogen-bond acceptors (Lipinski definition) is 5. The van der Waals surface area contributed by atoms with Gasteiger partial charge < -0.3 is 14.1 Å². The molecule has 0 saturated carbocycles. The summed E-state index contributed by atoms with van der Waals surface area (Å²) in [4.78, 5) is 14.7. The van der Waals surface area contributed by atoms with Crippen molar-refractivity contribution in [3.63, 3.8) is 0 Å². The number of nitrogens with zero attached hydrogens (tertiary/aromatic N) is 3. The maximum Gasteiger partial charge on any atom is 0.416 e. The SMILES string of the molecule is CCOc1ccc(C(=O)N2CCCC(c3nnc(-c4ccc(C(F)(F)F)cc4)o3)C2)cc1. The van der Waals surface area contributed by atoms with Crippen molar-refractivity contribution in [3.05, 3.63) is 65.5 Å². The number of likely N-dealkylation sites (tertiary alicyclic amines) is 1. The molecule has 0 spiro atoms. The van der Waals surface area contributed by atoms with E-state index in [2.05, 4.69) is 10.2 Å². The van der Waals surface area contributed by atoms with Crippen LogP contribution >= 0.6 is 0 Å². The summed E-state index contributed by atoms with van der Waals surface area (Å²) in [5, 5.41) is 8.09. The van der Waals surface area contributed by atoms with Crippen molar-refractivity contribution in [3.8, 4) is 17.2 Å². The van der Waals surface area contributed by atoms with Crippen LogP contribution in [0.15, 0.2) is 52.9 Å². The molecule has 0 bridgehead atoms. The van der Waals surface area contributed by atoms with Crippen molar-refractivity contribution in [2.75, 3.05) is 19.7 Å². The van der Waals surface area contributed by atoms with Crippen molar-refractivity contribution < 1.29 is 27.1 Å². The molecule has 1 saturated heterocycles. The number of benzene rings is 2. The molecule has 1 amide bonds. The Bertz CT molecular complexity index is 1060. The van der Waals surface area contributed by atoms with Gasteiger partial charge in [0.15, 0.2) is 0 Å². The summed E-state index contributed by atoms with van der Waals surface area (Å²) in [5.74, 6) is 1.03. The summed E-state index contributed by atoms with van der Waals surface area (Å²) >= 11 is 0. The minimum atomic E-state index is -4.40. The van der Waals surface area contributed by atoms with E-state index >= 15 is 0 Å². The van der Waals surface area contributed by atoms with Gasteiger partial charge in [0.1, 0.15) is 5.75 Å². The van der Waals surface area contributed by atoms with Crippen LogP contribution in [-0.2, 0) is 6.18 Å². The molecule has 2 aromatic carbocycles. The molecule has 6 nitrogen and oxygen atoms in total. The Labute approximate surface area is 183 Å². The molecule has 3 aromatic rings. The molecule has 0 radical (unpaired) electrons. The minimum absolute atomic E-state index is 0.0831. The highest BCUT2D eigenvalue weighted by atomic mass is 19.4. The number of carbonyl (C=O) groups is 1. The molecule has 1 aromatic heterocycles. The average molecular weight is 445 g/mol. The molecule has 9 heteroatoms. The Morgan fingerprint density at radius 1 is 1.12 bits per heavy atom. The summed E-state index contributed by atoms with van der Waals surface area (Å²) in [5.41, 5.74) is 0.247. The van der Waals surface area contributed by atoms with E-state index < -0.39 is 11.7 Å². The van der Waals surface area contributed by atoms with Gasteiger partial charge in [-0.1, -0.05) is 0 Å². The van der Waals surface area contributed by atoms with Crippen LogP contribution in [-0.4, -0.2) is 40.7 Å². The van der Waals surface area contributed by atoms with Gasteiger partial charge in [-0.05, 0) is 68.3 Å². The highest BCUT2D eigenvalue weighted by Gasteiger charge is 2.31. The third kappa shape index (κ3) is 4.76. The first-order valence-electron chi connectivity index (χ1n) is 10.4. The van der Waals surface area contributed by atoms with Crippen LogP contribution in [0, 0.1) is 0 Å². The van der Waals surface area contributed by atoms with Crippen molar-refractivity contribution in [2.24, 2.45) is 0 Å². The van der Waals surface area contributed by atoms with Crippen LogP contribution < -0.4 is 4.74 Å². The largest absolute Gasteiger partial charge is 0.494 e. The van der Waals surface area contributed by atoms with Crippen LogP contribution in [0.3, 0.4) is 0 Å². The normalized spacial score (nSPS) is 16.8. The summed E-state index contributed by atoms with van der Waals surface area (Å²) in [6.07, 6.45) is -2.84. The minimum Gasteiger partial charge on any atom is -0.494 e. The maximum absolute atomic E-state index is 12.9. The third-order valence-electron chi connectivity index (χ3n) is 5.37. The number of rotatable bonds is 5. The van der Waals surface area contributed by atoms with Crippen molar-refractivity contribution >= 4 is 5.91 Å². The highest BCUT2D eigenvalue weighted by molar-refractivity contribution is 5.94. The van der Waals surface area contributed by atoms with E-state index in [1.807, 2.05) is 6.92 Å². The Hall–Kier alpha value is -3.36. The predicted octanol–water partition coefficient (Wildman–Crippen LogP) is 5.17. The fraction of sp³-hybridized carbons (Fsp3) is 0.348. The average Bonchev–Trinajstić information content (AvgIpc) is 3.29. The smallest absolute Gasteiger partial charge is 0.416 e. The monoisotopic (exact) mass is 445 g/mol. The van der Waals surface area contributed by atoms with Crippen LogP contribution in [0.25, 0.3) is 11.5 Å². The summed E-state index contributed by atoms with van der Waals surface area (Å²) < 4.78 is 49.4. The van der Waals surface area contributed by atoms with Gasteiger partial charge in [0.25, 0.3) is 5.91 Å². The molecule has 32 heavy (non-hydrogen) atoms. The van der Waals surface area contributed by atoms with E-state index in [0.717, 1.165) is 25.0 Å². The second-order valence-electron chi connectivity index (χ2n) is 7.57. The van der Waals surface area contributed by atoms with Crippen molar-refractivity contribution in [1.82, 2.24) is 15.1 Å². The van der Waals surface area contributed by atoms with Gasteiger partial charge in [-0.3, -0.25) is 4.79 Å². The third-order valence-corrected chi connectivity index (χ3v) is 5.37. The number of piperidine rings is 1. The van der Waals surface area contributed by atoms with E-state index in [0.29, 0.717) is 42.5 Å². The van der Waals surface area contributed by atoms with Crippen molar-refractivity contribution in [2.45, 2.75) is 31.9 Å². The molecule has 2 heterocycles. The Kier molecular flexibility index (Phi) is 6.16. The summed E-state index contributed by atoms with van der Waals surface area (Å²) in [6, 6.07) is 11.6. The van der Waals surface area contributed by atoms with Gasteiger partial charge in [-0.15, -0.1) is 10.2 Å². The number of amides is 1. The highest BCUT2D eigenvalue weighted by Crippen LogP contribution is 2.32. The number of ether oxygens (including phenoxy) is 1. The Balaban J connectivity index is 1.44. The molecule has 0 N–H and O–H groups in total. The molecule has 168 valence electrons. The Morgan fingerprint density at radius 3 is 2.50 bits per heavy atom. The number of carbonyl (C=O) groups excluding carboxylic acids is 1. The lowest BCUT2D eigenvalue weighted by atomic mass is 9.97. The summed E-state index contributed by atoms with van der Waals surface area (Å²) in [7, 11) is 0. The first-order valence-corrected chi connectivity index (χ1v) is 10.4. The second-order valence-corrected chi connectivity index (χ2v) is 7.57.